The highest BCUT2D eigenvalue weighted by Gasteiger charge is 2.43. The monoisotopic (exact) mass is 351 g/mol. The SMILES string of the molecule is O=C(O)C1(NS(=O)(=O)c2cc(Cl)ccc2Cl)CCCCC1. The van der Waals surface area contributed by atoms with Gasteiger partial charge in [-0.1, -0.05) is 42.5 Å². The maximum Gasteiger partial charge on any atom is 0.324 e. The second-order valence-corrected chi connectivity index (χ2v) is 7.62. The lowest BCUT2D eigenvalue weighted by atomic mass is 9.83. The number of aliphatic carboxylic acids is 1. The van der Waals surface area contributed by atoms with Crippen molar-refractivity contribution in [2.75, 3.05) is 0 Å². The summed E-state index contributed by atoms with van der Waals surface area (Å²) in [4.78, 5) is 11.3. The van der Waals surface area contributed by atoms with Gasteiger partial charge in [-0.15, -0.1) is 0 Å². The number of halogens is 2. The van der Waals surface area contributed by atoms with E-state index in [1.165, 1.54) is 18.2 Å². The van der Waals surface area contributed by atoms with Crippen LogP contribution >= 0.6 is 23.2 Å². The molecule has 8 heteroatoms. The van der Waals surface area contributed by atoms with Gasteiger partial charge in [0.05, 0.1) is 5.02 Å². The summed E-state index contributed by atoms with van der Waals surface area (Å²) in [6.07, 6.45) is 2.75. The van der Waals surface area contributed by atoms with Crippen LogP contribution in [0, 0.1) is 0 Å². The zero-order valence-electron chi connectivity index (χ0n) is 11.1. The van der Waals surface area contributed by atoms with Crippen LogP contribution in [0.4, 0.5) is 0 Å². The van der Waals surface area contributed by atoms with Crippen LogP contribution in [0.3, 0.4) is 0 Å². The molecule has 21 heavy (non-hydrogen) atoms. The van der Waals surface area contributed by atoms with Gasteiger partial charge < -0.3 is 5.11 Å². The zero-order valence-corrected chi connectivity index (χ0v) is 13.4. The lowest BCUT2D eigenvalue weighted by Gasteiger charge is -2.33. The average molecular weight is 352 g/mol. The Bertz CT molecular complexity index is 654. The predicted molar refractivity (Wildman–Crippen MR) is 80.2 cm³/mol. The van der Waals surface area contributed by atoms with Gasteiger partial charge in [0.25, 0.3) is 0 Å². The number of carboxylic acids is 1. The smallest absolute Gasteiger partial charge is 0.324 e. The lowest BCUT2D eigenvalue weighted by molar-refractivity contribution is -0.145. The molecule has 0 aliphatic heterocycles. The largest absolute Gasteiger partial charge is 0.480 e. The molecule has 1 aliphatic rings. The first-order chi connectivity index (χ1) is 9.77. The van der Waals surface area contributed by atoms with Gasteiger partial charge in [-0.2, -0.15) is 4.72 Å². The van der Waals surface area contributed by atoms with Gasteiger partial charge in [0.1, 0.15) is 10.4 Å². The molecular weight excluding hydrogens is 337 g/mol. The van der Waals surface area contributed by atoms with Gasteiger partial charge in [-0.3, -0.25) is 4.79 Å². The van der Waals surface area contributed by atoms with E-state index < -0.39 is 21.5 Å². The molecule has 1 aliphatic carbocycles. The number of benzene rings is 1. The van der Waals surface area contributed by atoms with Gasteiger partial charge in [-0.05, 0) is 31.0 Å². The molecule has 2 rings (SSSR count). The quantitative estimate of drug-likeness (QED) is 0.872. The van der Waals surface area contributed by atoms with Crippen LogP contribution in [0.2, 0.25) is 10.0 Å². The van der Waals surface area contributed by atoms with Gasteiger partial charge in [-0.25, -0.2) is 8.42 Å². The molecule has 1 fully saturated rings. The summed E-state index contributed by atoms with van der Waals surface area (Å²) in [6.45, 7) is 0. The van der Waals surface area contributed by atoms with Gasteiger partial charge in [0.2, 0.25) is 10.0 Å². The first-order valence-corrected chi connectivity index (χ1v) is 8.73. The van der Waals surface area contributed by atoms with Crippen molar-refractivity contribution in [2.24, 2.45) is 0 Å². The van der Waals surface area contributed by atoms with Gasteiger partial charge in [0.15, 0.2) is 0 Å². The molecule has 0 unspecified atom stereocenters. The van der Waals surface area contributed by atoms with Crippen LogP contribution in [0.5, 0.6) is 0 Å². The molecule has 0 heterocycles. The van der Waals surface area contributed by atoms with Crippen molar-refractivity contribution in [3.05, 3.63) is 28.2 Å². The molecule has 0 saturated heterocycles. The van der Waals surface area contributed by atoms with Gasteiger partial charge in [0, 0.05) is 5.02 Å². The zero-order chi connectivity index (χ0) is 15.7. The van der Waals surface area contributed by atoms with E-state index in [2.05, 4.69) is 4.72 Å². The summed E-state index contributed by atoms with van der Waals surface area (Å²) < 4.78 is 27.3. The third-order valence-electron chi connectivity index (χ3n) is 3.63. The van der Waals surface area contributed by atoms with E-state index in [0.717, 1.165) is 6.42 Å². The lowest BCUT2D eigenvalue weighted by Crippen LogP contribution is -2.55. The van der Waals surface area contributed by atoms with Crippen LogP contribution in [0.1, 0.15) is 32.1 Å². The molecule has 0 radical (unpaired) electrons. The molecule has 0 bridgehead atoms. The summed E-state index contributed by atoms with van der Waals surface area (Å²) in [5, 5.41) is 9.66. The van der Waals surface area contributed by atoms with Crippen molar-refractivity contribution in [3.8, 4) is 0 Å². The van der Waals surface area contributed by atoms with Crippen LogP contribution in [0.15, 0.2) is 23.1 Å². The summed E-state index contributed by atoms with van der Waals surface area (Å²) in [6, 6.07) is 4.05. The maximum atomic E-state index is 12.5. The number of nitrogens with one attached hydrogen (secondary N) is 1. The van der Waals surface area contributed by atoms with Crippen molar-refractivity contribution in [1.82, 2.24) is 4.72 Å². The molecule has 0 amide bonds. The fraction of sp³-hybridized carbons (Fsp3) is 0.462. The number of carbonyl (C=O) groups is 1. The van der Waals surface area contributed by atoms with Gasteiger partial charge >= 0.3 is 5.97 Å². The second kappa shape index (κ2) is 6.12. The Morgan fingerprint density at radius 3 is 2.38 bits per heavy atom. The van der Waals surface area contributed by atoms with Crippen molar-refractivity contribution in [3.63, 3.8) is 0 Å². The van der Waals surface area contributed by atoms with Crippen molar-refractivity contribution < 1.29 is 18.3 Å². The minimum atomic E-state index is -4.06. The Labute approximate surface area is 133 Å². The number of sulfonamides is 1. The first kappa shape index (κ1) is 16.5. The minimum Gasteiger partial charge on any atom is -0.480 e. The highest BCUT2D eigenvalue weighted by Crippen LogP contribution is 2.32. The van der Waals surface area contributed by atoms with Crippen molar-refractivity contribution in [2.45, 2.75) is 42.5 Å². The summed E-state index contributed by atoms with van der Waals surface area (Å²) in [7, 11) is -4.06. The maximum absolute atomic E-state index is 12.5. The number of carboxylic acid groups (broad SMARTS) is 1. The Hall–Kier alpha value is -0.820. The number of hydrogen-bond acceptors (Lipinski definition) is 3. The van der Waals surface area contributed by atoms with Crippen molar-refractivity contribution in [1.29, 1.82) is 0 Å². The first-order valence-electron chi connectivity index (χ1n) is 6.49. The van der Waals surface area contributed by atoms with E-state index in [1.54, 1.807) is 0 Å². The Morgan fingerprint density at radius 2 is 1.81 bits per heavy atom. The molecule has 5 nitrogen and oxygen atoms in total. The highest BCUT2D eigenvalue weighted by molar-refractivity contribution is 7.89. The highest BCUT2D eigenvalue weighted by atomic mass is 35.5. The summed E-state index contributed by atoms with van der Waals surface area (Å²) in [5.74, 6) is -1.16. The fourth-order valence-corrected chi connectivity index (χ4v) is 4.69. The van der Waals surface area contributed by atoms with E-state index in [1.807, 2.05) is 0 Å². The van der Waals surface area contributed by atoms with E-state index in [9.17, 15) is 18.3 Å². The predicted octanol–water partition coefficient (Wildman–Crippen LogP) is 3.06. The van der Waals surface area contributed by atoms with E-state index in [0.29, 0.717) is 12.8 Å². The average Bonchev–Trinajstić information content (AvgIpc) is 2.42. The molecule has 0 spiro atoms. The van der Waals surface area contributed by atoms with Crippen LogP contribution in [0.25, 0.3) is 0 Å². The molecule has 1 aromatic rings. The molecule has 0 atom stereocenters. The number of hydrogen-bond donors (Lipinski definition) is 2. The third kappa shape index (κ3) is 3.51. The molecule has 1 aromatic carbocycles. The van der Waals surface area contributed by atoms with Crippen LogP contribution in [-0.2, 0) is 14.8 Å². The van der Waals surface area contributed by atoms with E-state index in [-0.39, 0.29) is 27.8 Å². The minimum absolute atomic E-state index is 0.00301. The standard InChI is InChI=1S/C13H15Cl2NO4S/c14-9-4-5-10(15)11(8-9)21(19,20)16-13(12(17)18)6-2-1-3-7-13/h4-5,8,16H,1-3,6-7H2,(H,17,18). The number of rotatable bonds is 4. The van der Waals surface area contributed by atoms with E-state index in [4.69, 9.17) is 23.2 Å². The Morgan fingerprint density at radius 1 is 1.19 bits per heavy atom. The third-order valence-corrected chi connectivity index (χ3v) is 5.88. The molecule has 2 N–H and O–H groups in total. The topological polar surface area (TPSA) is 83.5 Å². The van der Waals surface area contributed by atoms with Crippen molar-refractivity contribution >= 4 is 39.2 Å². The summed E-state index contributed by atoms with van der Waals surface area (Å²) in [5.41, 5.74) is -1.47. The second-order valence-electron chi connectivity index (χ2n) is 5.13. The molecule has 0 aromatic heterocycles. The van der Waals surface area contributed by atoms with Crippen LogP contribution in [-0.4, -0.2) is 25.0 Å². The molecule has 116 valence electrons. The fourth-order valence-electron chi connectivity index (χ4n) is 2.51. The Kier molecular flexibility index (Phi) is 4.82. The van der Waals surface area contributed by atoms with E-state index >= 15 is 0 Å². The molecular formula is C13H15Cl2NO4S. The Balaban J connectivity index is 2.39. The molecule has 1 saturated carbocycles. The summed E-state index contributed by atoms with van der Waals surface area (Å²) >= 11 is 11.7. The van der Waals surface area contributed by atoms with Crippen LogP contribution < -0.4 is 4.72 Å². The normalized spacial score (nSPS) is 18.4.